The Bertz CT molecular complexity index is 637. The fraction of sp³-hybridized carbons (Fsp3) is 0.800. The number of rotatable bonds is 6. The van der Waals surface area contributed by atoms with Crippen LogP contribution in [0, 0.1) is 0 Å². The van der Waals surface area contributed by atoms with Gasteiger partial charge in [0.05, 0.1) is 6.61 Å². The molecule has 0 spiro atoms. The molecule has 2 N–H and O–H groups in total. The van der Waals surface area contributed by atoms with Gasteiger partial charge in [0.25, 0.3) is 0 Å². The highest BCUT2D eigenvalue weighted by atomic mass is 127. The van der Waals surface area contributed by atoms with Gasteiger partial charge in [-0.2, -0.15) is 0 Å². The highest BCUT2D eigenvalue weighted by Gasteiger charge is 2.28. The predicted molar refractivity (Wildman–Crippen MR) is 130 cm³/mol. The molecule has 31 heavy (non-hydrogen) atoms. The van der Waals surface area contributed by atoms with Gasteiger partial charge in [0.2, 0.25) is 11.8 Å². The van der Waals surface area contributed by atoms with Crippen LogP contribution in [0.2, 0.25) is 0 Å². The summed E-state index contributed by atoms with van der Waals surface area (Å²) in [6.07, 6.45) is 2.61. The van der Waals surface area contributed by atoms with Gasteiger partial charge in [-0.25, -0.2) is 9.79 Å². The van der Waals surface area contributed by atoms with Gasteiger partial charge >= 0.3 is 6.09 Å². The monoisotopic (exact) mass is 552 g/mol. The molecule has 0 saturated carbocycles. The smallest absolute Gasteiger partial charge is 0.409 e. The number of guanidine groups is 1. The Balaban J connectivity index is 0.00000480. The first kappa shape index (κ1) is 27.2. The van der Waals surface area contributed by atoms with E-state index in [1.807, 2.05) is 11.8 Å². The van der Waals surface area contributed by atoms with Crippen molar-refractivity contribution in [1.82, 2.24) is 25.3 Å². The van der Waals surface area contributed by atoms with E-state index in [0.29, 0.717) is 38.6 Å². The molecule has 0 aromatic carbocycles. The van der Waals surface area contributed by atoms with Crippen molar-refractivity contribution in [2.75, 3.05) is 53.4 Å². The minimum atomic E-state index is -0.272. The highest BCUT2D eigenvalue weighted by Crippen LogP contribution is 2.13. The summed E-state index contributed by atoms with van der Waals surface area (Å²) < 4.78 is 5.07. The van der Waals surface area contributed by atoms with Crippen LogP contribution in [-0.4, -0.2) is 104 Å². The minimum Gasteiger partial charge on any atom is -0.450 e. The van der Waals surface area contributed by atoms with Crippen LogP contribution >= 0.6 is 24.0 Å². The average Bonchev–Trinajstić information content (AvgIpc) is 3.20. The summed E-state index contributed by atoms with van der Waals surface area (Å²) in [7, 11) is 3.41. The second kappa shape index (κ2) is 13.6. The van der Waals surface area contributed by atoms with Crippen molar-refractivity contribution in [2.24, 2.45) is 4.99 Å². The van der Waals surface area contributed by atoms with E-state index in [1.54, 1.807) is 25.9 Å². The second-order valence-corrected chi connectivity index (χ2v) is 7.88. The molecule has 178 valence electrons. The van der Waals surface area contributed by atoms with Crippen LogP contribution in [0.3, 0.4) is 0 Å². The molecular formula is C20H37IN6O4. The van der Waals surface area contributed by atoms with E-state index >= 15 is 0 Å². The lowest BCUT2D eigenvalue weighted by Gasteiger charge is -2.32. The van der Waals surface area contributed by atoms with E-state index in [4.69, 9.17) is 4.74 Å². The Morgan fingerprint density at radius 1 is 1.00 bits per heavy atom. The first-order valence-corrected chi connectivity index (χ1v) is 10.8. The largest absolute Gasteiger partial charge is 0.450 e. The number of carbonyl (C=O) groups excluding carboxylic acids is 3. The van der Waals surface area contributed by atoms with Crippen molar-refractivity contribution in [3.05, 3.63) is 0 Å². The van der Waals surface area contributed by atoms with Crippen LogP contribution in [-0.2, 0) is 14.3 Å². The lowest BCUT2D eigenvalue weighted by Crippen LogP contribution is -2.52. The third-order valence-electron chi connectivity index (χ3n) is 5.42. The van der Waals surface area contributed by atoms with Crippen molar-refractivity contribution >= 4 is 47.8 Å². The molecule has 10 nitrogen and oxygen atoms in total. The number of likely N-dealkylation sites (N-methyl/N-ethyl adjacent to an activating group) is 1. The van der Waals surface area contributed by atoms with E-state index in [0.717, 1.165) is 25.8 Å². The normalized spacial score (nSPS) is 19.5. The molecule has 2 aliphatic heterocycles. The summed E-state index contributed by atoms with van der Waals surface area (Å²) in [5.74, 6) is 0.651. The molecule has 2 fully saturated rings. The van der Waals surface area contributed by atoms with Crippen molar-refractivity contribution < 1.29 is 19.1 Å². The number of halogens is 1. The fourth-order valence-corrected chi connectivity index (χ4v) is 3.56. The molecule has 2 heterocycles. The Morgan fingerprint density at radius 2 is 1.58 bits per heavy atom. The zero-order valence-corrected chi connectivity index (χ0v) is 21.4. The second-order valence-electron chi connectivity index (χ2n) is 7.88. The van der Waals surface area contributed by atoms with E-state index in [2.05, 4.69) is 15.6 Å². The summed E-state index contributed by atoms with van der Waals surface area (Å²) in [5.41, 5.74) is 0. The lowest BCUT2D eigenvalue weighted by molar-refractivity contribution is -0.130. The van der Waals surface area contributed by atoms with Gasteiger partial charge in [-0.15, -0.1) is 24.0 Å². The van der Waals surface area contributed by atoms with Crippen molar-refractivity contribution in [3.63, 3.8) is 0 Å². The number of nitrogens with one attached hydrogen (secondary N) is 2. The first-order chi connectivity index (χ1) is 14.3. The zero-order chi connectivity index (χ0) is 22.1. The first-order valence-electron chi connectivity index (χ1n) is 10.8. The molecule has 1 atom stereocenters. The third kappa shape index (κ3) is 8.69. The molecule has 0 aromatic rings. The van der Waals surface area contributed by atoms with Crippen LogP contribution in [0.25, 0.3) is 0 Å². The standard InChI is InChI=1S/C20H36N6O4.HI/c1-5-17(27)26-12-9-16(14-26)23-19(21-13-18(28)24(3)4)22-15-7-10-25(11-8-15)20(29)30-6-2;/h15-16H,5-14H2,1-4H3,(H2,21,22,23);1H. The molecule has 0 radical (unpaired) electrons. The third-order valence-corrected chi connectivity index (χ3v) is 5.42. The number of ether oxygens (including phenoxy) is 1. The number of nitrogens with zero attached hydrogens (tertiary/aromatic N) is 4. The van der Waals surface area contributed by atoms with Gasteiger partial charge in [0.1, 0.15) is 6.54 Å². The number of amides is 3. The van der Waals surface area contributed by atoms with Crippen LogP contribution in [0.15, 0.2) is 4.99 Å². The van der Waals surface area contributed by atoms with E-state index in [1.165, 1.54) is 4.90 Å². The highest BCUT2D eigenvalue weighted by molar-refractivity contribution is 14.0. The van der Waals surface area contributed by atoms with Gasteiger partial charge in [0.15, 0.2) is 5.96 Å². The van der Waals surface area contributed by atoms with Gasteiger partial charge in [0, 0.05) is 58.8 Å². The molecule has 11 heteroatoms. The molecule has 0 aromatic heterocycles. The fourth-order valence-electron chi connectivity index (χ4n) is 3.56. The van der Waals surface area contributed by atoms with Gasteiger partial charge in [-0.1, -0.05) is 6.92 Å². The summed E-state index contributed by atoms with van der Waals surface area (Å²) in [6.45, 7) is 6.68. The number of piperidine rings is 1. The van der Waals surface area contributed by atoms with Gasteiger partial charge in [-0.05, 0) is 26.2 Å². The summed E-state index contributed by atoms with van der Waals surface area (Å²) in [5, 5.41) is 6.80. The quantitative estimate of drug-likeness (QED) is 0.288. The van der Waals surface area contributed by atoms with Gasteiger partial charge < -0.3 is 30.1 Å². The molecular weight excluding hydrogens is 515 g/mol. The van der Waals surface area contributed by atoms with Crippen LogP contribution in [0.5, 0.6) is 0 Å². The molecule has 2 saturated heterocycles. The van der Waals surface area contributed by atoms with Gasteiger partial charge in [-0.3, -0.25) is 9.59 Å². The molecule has 3 amide bonds. The molecule has 2 rings (SSSR count). The SMILES string of the molecule is CCOC(=O)N1CCC(NC(=NCC(=O)N(C)C)NC2CCN(C(=O)CC)C2)CC1.I. The maximum atomic E-state index is 12.0. The number of carbonyl (C=O) groups is 3. The summed E-state index contributed by atoms with van der Waals surface area (Å²) >= 11 is 0. The van der Waals surface area contributed by atoms with Crippen LogP contribution in [0.4, 0.5) is 4.79 Å². The Labute approximate surface area is 202 Å². The van der Waals surface area contributed by atoms with Crippen molar-refractivity contribution in [1.29, 1.82) is 0 Å². The Morgan fingerprint density at radius 3 is 2.16 bits per heavy atom. The molecule has 1 unspecified atom stereocenters. The summed E-state index contributed by atoms with van der Waals surface area (Å²) in [6, 6.07) is 0.243. The summed E-state index contributed by atoms with van der Waals surface area (Å²) in [4.78, 5) is 45.4. The van der Waals surface area contributed by atoms with E-state index in [-0.39, 0.29) is 60.5 Å². The number of likely N-dealkylation sites (tertiary alicyclic amines) is 2. The van der Waals surface area contributed by atoms with Crippen molar-refractivity contribution in [3.8, 4) is 0 Å². The number of aliphatic imine (C=N–C) groups is 1. The zero-order valence-electron chi connectivity index (χ0n) is 19.1. The number of hydrogen-bond donors (Lipinski definition) is 2. The maximum Gasteiger partial charge on any atom is 0.409 e. The maximum absolute atomic E-state index is 12.0. The Kier molecular flexibility index (Phi) is 11.9. The molecule has 0 bridgehead atoms. The molecule has 2 aliphatic rings. The Hall–Kier alpha value is -1.79. The van der Waals surface area contributed by atoms with Crippen molar-refractivity contribution in [2.45, 2.75) is 51.6 Å². The van der Waals surface area contributed by atoms with Crippen LogP contribution < -0.4 is 10.6 Å². The lowest BCUT2D eigenvalue weighted by atomic mass is 10.1. The minimum absolute atomic E-state index is 0. The van der Waals surface area contributed by atoms with Crippen LogP contribution in [0.1, 0.15) is 39.5 Å². The van der Waals surface area contributed by atoms with E-state index < -0.39 is 0 Å². The molecule has 0 aliphatic carbocycles. The topological polar surface area (TPSA) is 107 Å². The average molecular weight is 552 g/mol. The number of hydrogen-bond acceptors (Lipinski definition) is 5. The van der Waals surface area contributed by atoms with E-state index in [9.17, 15) is 14.4 Å². The predicted octanol–water partition coefficient (Wildman–Crippen LogP) is 0.860.